The van der Waals surface area contributed by atoms with E-state index in [9.17, 15) is 4.79 Å². The third kappa shape index (κ3) is 2.82. The van der Waals surface area contributed by atoms with Crippen molar-refractivity contribution in [3.63, 3.8) is 0 Å². The Balaban J connectivity index is 2.12. The predicted octanol–water partition coefficient (Wildman–Crippen LogP) is 3.82. The van der Waals surface area contributed by atoms with Gasteiger partial charge < -0.3 is 23.5 Å². The van der Waals surface area contributed by atoms with Crippen molar-refractivity contribution < 1.29 is 18.9 Å². The van der Waals surface area contributed by atoms with Crippen LogP contribution in [0.1, 0.15) is 18.1 Å². The van der Waals surface area contributed by atoms with Gasteiger partial charge in [-0.25, -0.2) is 0 Å². The van der Waals surface area contributed by atoms with Gasteiger partial charge in [0, 0.05) is 12.1 Å². The van der Waals surface area contributed by atoms with Gasteiger partial charge in [0.15, 0.2) is 23.0 Å². The summed E-state index contributed by atoms with van der Waals surface area (Å²) in [7, 11) is 6.44. The van der Waals surface area contributed by atoms with Crippen LogP contribution in [0.5, 0.6) is 23.0 Å². The first-order valence-electron chi connectivity index (χ1n) is 9.64. The van der Waals surface area contributed by atoms with E-state index in [1.165, 1.54) is 0 Å². The fourth-order valence-electron chi connectivity index (χ4n) is 4.30. The van der Waals surface area contributed by atoms with Gasteiger partial charge in [-0.1, -0.05) is 6.92 Å². The molecule has 0 atom stereocenters. The third-order valence-electron chi connectivity index (χ3n) is 5.70. The highest BCUT2D eigenvalue weighted by Gasteiger charge is 2.26. The average Bonchev–Trinajstić information content (AvgIpc) is 2.77. The summed E-state index contributed by atoms with van der Waals surface area (Å²) in [6, 6.07) is 7.68. The Morgan fingerprint density at radius 1 is 0.828 bits per heavy atom. The van der Waals surface area contributed by atoms with E-state index in [0.29, 0.717) is 34.9 Å². The van der Waals surface area contributed by atoms with Crippen LogP contribution in [-0.2, 0) is 19.4 Å². The average molecular weight is 395 g/mol. The molecule has 0 unspecified atom stereocenters. The second kappa shape index (κ2) is 7.35. The molecular weight excluding hydrogens is 370 g/mol. The van der Waals surface area contributed by atoms with Crippen molar-refractivity contribution >= 4 is 10.8 Å². The van der Waals surface area contributed by atoms with Gasteiger partial charge >= 0.3 is 0 Å². The Hall–Kier alpha value is -3.15. The zero-order valence-corrected chi connectivity index (χ0v) is 17.4. The molecular formula is C23H25NO5. The molecule has 1 aliphatic heterocycles. The van der Waals surface area contributed by atoms with Crippen molar-refractivity contribution in [2.45, 2.75) is 26.3 Å². The Morgan fingerprint density at radius 3 is 1.97 bits per heavy atom. The molecule has 0 bridgehead atoms. The third-order valence-corrected chi connectivity index (χ3v) is 5.70. The first-order chi connectivity index (χ1) is 14.1. The maximum atomic E-state index is 13.4. The van der Waals surface area contributed by atoms with Crippen molar-refractivity contribution in [1.82, 2.24) is 4.57 Å². The molecule has 152 valence electrons. The molecule has 6 nitrogen and oxygen atoms in total. The summed E-state index contributed by atoms with van der Waals surface area (Å²) in [6.45, 7) is 2.72. The maximum Gasteiger partial charge on any atom is 0.259 e. The van der Waals surface area contributed by atoms with E-state index in [1.807, 2.05) is 22.8 Å². The molecule has 0 saturated heterocycles. The number of ether oxygens (including phenoxy) is 4. The molecule has 3 aromatic rings. The van der Waals surface area contributed by atoms with Gasteiger partial charge in [0.05, 0.1) is 39.5 Å². The molecule has 1 aromatic heterocycles. The summed E-state index contributed by atoms with van der Waals surface area (Å²) in [5.41, 5.74) is 4.19. The minimum Gasteiger partial charge on any atom is -0.493 e. The zero-order chi connectivity index (χ0) is 20.7. The highest BCUT2D eigenvalue weighted by atomic mass is 16.5. The monoisotopic (exact) mass is 395 g/mol. The Kier molecular flexibility index (Phi) is 4.86. The van der Waals surface area contributed by atoms with Crippen molar-refractivity contribution in [2.24, 2.45) is 0 Å². The van der Waals surface area contributed by atoms with Gasteiger partial charge in [0.2, 0.25) is 0 Å². The summed E-state index contributed by atoms with van der Waals surface area (Å²) in [4.78, 5) is 13.4. The van der Waals surface area contributed by atoms with Crippen molar-refractivity contribution in [1.29, 1.82) is 0 Å². The summed E-state index contributed by atoms with van der Waals surface area (Å²) >= 11 is 0. The fraction of sp³-hybridized carbons (Fsp3) is 0.348. The fourth-order valence-corrected chi connectivity index (χ4v) is 4.30. The molecule has 2 aromatic carbocycles. The van der Waals surface area contributed by atoms with Gasteiger partial charge in [-0.05, 0) is 53.6 Å². The van der Waals surface area contributed by atoms with Crippen LogP contribution in [-0.4, -0.2) is 33.0 Å². The molecule has 4 rings (SSSR count). The standard InChI is InChI=1S/C23H25NO5/c1-6-14-16-11-20(28-4)21(29-5)12-17(16)23(25)24-8-7-13-9-18(26-2)19(27-3)10-15(13)22(14)24/h9-12H,6-8H2,1-5H3. The number of nitrogens with zero attached hydrogens (tertiary/aromatic N) is 1. The molecule has 0 radical (unpaired) electrons. The summed E-state index contributed by atoms with van der Waals surface area (Å²) < 4.78 is 23.8. The van der Waals surface area contributed by atoms with E-state index in [4.69, 9.17) is 18.9 Å². The van der Waals surface area contributed by atoms with E-state index in [-0.39, 0.29) is 5.56 Å². The lowest BCUT2D eigenvalue weighted by Crippen LogP contribution is -2.28. The van der Waals surface area contributed by atoms with Crippen LogP contribution in [0.2, 0.25) is 0 Å². The smallest absolute Gasteiger partial charge is 0.259 e. The number of benzene rings is 2. The molecule has 0 fully saturated rings. The Labute approximate surface area is 169 Å². The predicted molar refractivity (Wildman–Crippen MR) is 113 cm³/mol. The molecule has 0 spiro atoms. The molecule has 6 heteroatoms. The number of hydrogen-bond donors (Lipinski definition) is 0. The van der Waals surface area contributed by atoms with Gasteiger partial charge in [0.1, 0.15) is 0 Å². The van der Waals surface area contributed by atoms with E-state index >= 15 is 0 Å². The molecule has 0 saturated carbocycles. The molecule has 0 amide bonds. The maximum absolute atomic E-state index is 13.4. The quantitative estimate of drug-likeness (QED) is 0.657. The number of methoxy groups -OCH3 is 4. The second-order valence-electron chi connectivity index (χ2n) is 7.00. The minimum absolute atomic E-state index is 0.0198. The van der Waals surface area contributed by atoms with Gasteiger partial charge in [-0.3, -0.25) is 4.79 Å². The van der Waals surface area contributed by atoms with Gasteiger partial charge in [-0.15, -0.1) is 0 Å². The van der Waals surface area contributed by atoms with E-state index in [0.717, 1.165) is 40.6 Å². The van der Waals surface area contributed by atoms with Crippen molar-refractivity contribution in [3.8, 4) is 34.3 Å². The Morgan fingerprint density at radius 2 is 1.38 bits per heavy atom. The van der Waals surface area contributed by atoms with Crippen LogP contribution in [0, 0.1) is 0 Å². The topological polar surface area (TPSA) is 58.9 Å². The Bertz CT molecular complexity index is 1160. The summed E-state index contributed by atoms with van der Waals surface area (Å²) in [5, 5.41) is 1.54. The van der Waals surface area contributed by atoms with E-state index in [1.54, 1.807) is 34.5 Å². The number of hydrogen-bond acceptors (Lipinski definition) is 5. The SMILES string of the molecule is CCc1c2n(c(=O)c3cc(OC)c(OC)cc13)CCc1cc(OC)c(OC)cc1-2. The first kappa shape index (κ1) is 19.2. The molecule has 29 heavy (non-hydrogen) atoms. The minimum atomic E-state index is -0.0198. The summed E-state index contributed by atoms with van der Waals surface area (Å²) in [5.74, 6) is 2.53. The van der Waals surface area contributed by atoms with Crippen LogP contribution in [0.3, 0.4) is 0 Å². The highest BCUT2D eigenvalue weighted by Crippen LogP contribution is 2.42. The molecule has 0 aliphatic carbocycles. The van der Waals surface area contributed by atoms with Crippen LogP contribution < -0.4 is 24.5 Å². The molecule has 2 heterocycles. The van der Waals surface area contributed by atoms with Crippen LogP contribution in [0.15, 0.2) is 29.1 Å². The largest absolute Gasteiger partial charge is 0.493 e. The first-order valence-corrected chi connectivity index (χ1v) is 9.64. The van der Waals surface area contributed by atoms with E-state index in [2.05, 4.69) is 6.92 Å². The number of fused-ring (bicyclic) bond motifs is 4. The van der Waals surface area contributed by atoms with Crippen molar-refractivity contribution in [3.05, 3.63) is 45.7 Å². The summed E-state index contributed by atoms with van der Waals surface area (Å²) in [6.07, 6.45) is 1.53. The highest BCUT2D eigenvalue weighted by molar-refractivity contribution is 5.93. The molecule has 0 N–H and O–H groups in total. The molecule has 1 aliphatic rings. The van der Waals surface area contributed by atoms with Crippen LogP contribution in [0.4, 0.5) is 0 Å². The number of pyridine rings is 1. The number of rotatable bonds is 5. The van der Waals surface area contributed by atoms with Crippen molar-refractivity contribution in [2.75, 3.05) is 28.4 Å². The van der Waals surface area contributed by atoms with E-state index < -0.39 is 0 Å². The van der Waals surface area contributed by atoms with Crippen LogP contribution in [0.25, 0.3) is 22.0 Å². The normalized spacial score (nSPS) is 12.3. The lowest BCUT2D eigenvalue weighted by molar-refractivity contribution is 0.354. The lowest BCUT2D eigenvalue weighted by atomic mass is 9.90. The van der Waals surface area contributed by atoms with Crippen LogP contribution >= 0.6 is 0 Å². The zero-order valence-electron chi connectivity index (χ0n) is 17.4. The number of aromatic nitrogens is 1. The van der Waals surface area contributed by atoms with Gasteiger partial charge in [0.25, 0.3) is 5.56 Å². The second-order valence-corrected chi connectivity index (χ2v) is 7.00. The van der Waals surface area contributed by atoms with Gasteiger partial charge in [-0.2, -0.15) is 0 Å². The lowest BCUT2D eigenvalue weighted by Gasteiger charge is -2.27. The number of aryl methyl sites for hydroxylation is 2.